The number of fused-ring (bicyclic) bond motifs is 2. The highest BCUT2D eigenvalue weighted by Gasteiger charge is 2.39. The molecule has 2 N–H and O–H groups in total. The molecule has 0 radical (unpaired) electrons. The largest absolute Gasteiger partial charge is 0.359 e. The minimum absolute atomic E-state index is 0.564. The molecule has 0 heterocycles. The van der Waals surface area contributed by atoms with Crippen molar-refractivity contribution in [2.75, 3.05) is 5.32 Å². The summed E-state index contributed by atoms with van der Waals surface area (Å²) in [6.07, 6.45) is 7.59. The number of hydrogen-bond donors (Lipinski definition) is 2. The SMILES string of the molecule is CCc1cc(C(C)C)cc(CC)c1NC(=S)NC1CC2CCC1C2. The van der Waals surface area contributed by atoms with E-state index >= 15 is 0 Å². The number of thiocarbonyl (C=S) groups is 1. The van der Waals surface area contributed by atoms with Crippen LogP contribution in [0.25, 0.3) is 0 Å². The van der Waals surface area contributed by atoms with Crippen LogP contribution in [0.1, 0.15) is 76.0 Å². The van der Waals surface area contributed by atoms with E-state index in [1.165, 1.54) is 48.1 Å². The van der Waals surface area contributed by atoms with Crippen molar-refractivity contribution in [1.29, 1.82) is 0 Å². The summed E-state index contributed by atoms with van der Waals surface area (Å²) in [5.74, 6) is 2.35. The predicted molar refractivity (Wildman–Crippen MR) is 108 cm³/mol. The van der Waals surface area contributed by atoms with E-state index in [2.05, 4.69) is 50.5 Å². The molecule has 3 rings (SSSR count). The first-order valence-electron chi connectivity index (χ1n) is 9.75. The Morgan fingerprint density at radius 2 is 1.79 bits per heavy atom. The number of benzene rings is 1. The van der Waals surface area contributed by atoms with Gasteiger partial charge in [0.1, 0.15) is 0 Å². The van der Waals surface area contributed by atoms with Crippen LogP contribution < -0.4 is 10.6 Å². The number of hydrogen-bond acceptors (Lipinski definition) is 1. The lowest BCUT2D eigenvalue weighted by Gasteiger charge is -2.26. The zero-order chi connectivity index (χ0) is 17.3. The molecule has 2 aliphatic carbocycles. The minimum atomic E-state index is 0.564. The maximum Gasteiger partial charge on any atom is 0.171 e. The van der Waals surface area contributed by atoms with Crippen LogP contribution in [0.2, 0.25) is 0 Å². The molecule has 0 spiro atoms. The Kier molecular flexibility index (Phi) is 5.49. The molecule has 2 fully saturated rings. The summed E-state index contributed by atoms with van der Waals surface area (Å²) >= 11 is 5.67. The molecule has 132 valence electrons. The zero-order valence-corrected chi connectivity index (χ0v) is 16.4. The Morgan fingerprint density at radius 1 is 1.12 bits per heavy atom. The fourth-order valence-corrected chi connectivity index (χ4v) is 4.84. The highest BCUT2D eigenvalue weighted by molar-refractivity contribution is 7.80. The third kappa shape index (κ3) is 3.61. The van der Waals surface area contributed by atoms with E-state index in [9.17, 15) is 0 Å². The second-order valence-corrected chi connectivity index (χ2v) is 8.36. The number of aryl methyl sites for hydroxylation is 2. The van der Waals surface area contributed by atoms with Crippen LogP contribution in [0.5, 0.6) is 0 Å². The van der Waals surface area contributed by atoms with Crippen molar-refractivity contribution in [2.24, 2.45) is 11.8 Å². The molecule has 1 aromatic rings. The van der Waals surface area contributed by atoms with E-state index in [4.69, 9.17) is 12.2 Å². The molecule has 0 aliphatic heterocycles. The molecule has 2 saturated carbocycles. The van der Waals surface area contributed by atoms with Gasteiger partial charge in [-0.25, -0.2) is 0 Å². The second kappa shape index (κ2) is 7.43. The number of anilines is 1. The van der Waals surface area contributed by atoms with E-state index in [1.54, 1.807) is 0 Å². The molecule has 0 aromatic heterocycles. The maximum absolute atomic E-state index is 5.67. The number of nitrogens with one attached hydrogen (secondary N) is 2. The predicted octanol–water partition coefficient (Wildman–Crippen LogP) is 5.41. The van der Waals surface area contributed by atoms with Crippen LogP contribution in [0.4, 0.5) is 5.69 Å². The van der Waals surface area contributed by atoms with Gasteiger partial charge in [-0.1, -0.05) is 46.2 Å². The van der Waals surface area contributed by atoms with Crippen LogP contribution in [-0.4, -0.2) is 11.2 Å². The third-order valence-electron chi connectivity index (χ3n) is 6.05. The molecule has 3 atom stereocenters. The normalized spacial score (nSPS) is 25.3. The van der Waals surface area contributed by atoms with Gasteiger partial charge in [-0.15, -0.1) is 0 Å². The summed E-state index contributed by atoms with van der Waals surface area (Å²) in [5.41, 5.74) is 5.44. The summed E-state index contributed by atoms with van der Waals surface area (Å²) in [6, 6.07) is 5.30. The van der Waals surface area contributed by atoms with Crippen LogP contribution in [0, 0.1) is 11.8 Å². The molecule has 0 saturated heterocycles. The Labute approximate surface area is 152 Å². The zero-order valence-electron chi connectivity index (χ0n) is 15.6. The third-order valence-corrected chi connectivity index (χ3v) is 6.27. The van der Waals surface area contributed by atoms with Crippen molar-refractivity contribution in [2.45, 2.75) is 78.2 Å². The first kappa shape index (κ1) is 17.7. The van der Waals surface area contributed by atoms with Crippen molar-refractivity contribution in [3.05, 3.63) is 28.8 Å². The van der Waals surface area contributed by atoms with Gasteiger partial charge in [0.2, 0.25) is 0 Å². The summed E-state index contributed by atoms with van der Waals surface area (Å²) in [4.78, 5) is 0. The van der Waals surface area contributed by atoms with E-state index in [0.717, 1.165) is 29.8 Å². The maximum atomic E-state index is 5.67. The first-order valence-corrected chi connectivity index (χ1v) is 10.2. The molecule has 3 heteroatoms. The van der Waals surface area contributed by atoms with Gasteiger partial charge >= 0.3 is 0 Å². The van der Waals surface area contributed by atoms with Crippen molar-refractivity contribution in [3.63, 3.8) is 0 Å². The molecular weight excluding hydrogens is 312 g/mol. The molecule has 1 aromatic carbocycles. The summed E-state index contributed by atoms with van der Waals surface area (Å²) in [5, 5.41) is 7.99. The average molecular weight is 345 g/mol. The Hall–Kier alpha value is -1.09. The van der Waals surface area contributed by atoms with Gasteiger partial charge in [0.15, 0.2) is 5.11 Å². The van der Waals surface area contributed by atoms with Crippen molar-refractivity contribution >= 4 is 23.0 Å². The van der Waals surface area contributed by atoms with E-state index in [1.807, 2.05) is 0 Å². The van der Waals surface area contributed by atoms with E-state index < -0.39 is 0 Å². The highest BCUT2D eigenvalue weighted by atomic mass is 32.1. The van der Waals surface area contributed by atoms with Crippen molar-refractivity contribution < 1.29 is 0 Å². The van der Waals surface area contributed by atoms with Gasteiger partial charge in [-0.3, -0.25) is 0 Å². The van der Waals surface area contributed by atoms with Gasteiger partial charge in [0, 0.05) is 11.7 Å². The number of rotatable bonds is 5. The monoisotopic (exact) mass is 344 g/mol. The molecule has 0 amide bonds. The molecule has 3 unspecified atom stereocenters. The lowest BCUT2D eigenvalue weighted by atomic mass is 9.93. The fraction of sp³-hybridized carbons (Fsp3) is 0.667. The van der Waals surface area contributed by atoms with Crippen LogP contribution in [0.3, 0.4) is 0 Å². The topological polar surface area (TPSA) is 24.1 Å². The minimum Gasteiger partial charge on any atom is -0.359 e. The molecule has 2 bridgehead atoms. The van der Waals surface area contributed by atoms with E-state index in [-0.39, 0.29) is 0 Å². The van der Waals surface area contributed by atoms with Gasteiger partial charge < -0.3 is 10.6 Å². The molecular formula is C21H32N2S. The van der Waals surface area contributed by atoms with Gasteiger partial charge in [0.05, 0.1) is 0 Å². The van der Waals surface area contributed by atoms with E-state index in [0.29, 0.717) is 12.0 Å². The molecule has 2 nitrogen and oxygen atoms in total. The Morgan fingerprint density at radius 3 is 2.25 bits per heavy atom. The van der Waals surface area contributed by atoms with Crippen LogP contribution in [0.15, 0.2) is 12.1 Å². The summed E-state index contributed by atoms with van der Waals surface area (Å²) < 4.78 is 0. The standard InChI is InChI=1S/C21H32N2S/c1-5-15-11-18(13(3)4)12-16(6-2)20(15)23-21(24)22-19-10-14-7-8-17(19)9-14/h11-14,17,19H,5-10H2,1-4H3,(H2,22,23,24). The first-order chi connectivity index (χ1) is 11.5. The summed E-state index contributed by atoms with van der Waals surface area (Å²) in [6.45, 7) is 9.00. The van der Waals surface area contributed by atoms with Crippen LogP contribution >= 0.6 is 12.2 Å². The lowest BCUT2D eigenvalue weighted by Crippen LogP contribution is -2.41. The van der Waals surface area contributed by atoms with Gasteiger partial charge in [-0.05, 0) is 78.8 Å². The Balaban J connectivity index is 1.74. The fourth-order valence-electron chi connectivity index (χ4n) is 4.59. The molecule has 24 heavy (non-hydrogen) atoms. The average Bonchev–Trinajstić information content (AvgIpc) is 3.17. The molecule has 2 aliphatic rings. The lowest BCUT2D eigenvalue weighted by molar-refractivity contribution is 0.392. The van der Waals surface area contributed by atoms with Gasteiger partial charge in [-0.2, -0.15) is 0 Å². The Bertz CT molecular complexity index is 583. The van der Waals surface area contributed by atoms with Crippen molar-refractivity contribution in [3.8, 4) is 0 Å². The van der Waals surface area contributed by atoms with Gasteiger partial charge in [0.25, 0.3) is 0 Å². The second-order valence-electron chi connectivity index (χ2n) is 7.96. The van der Waals surface area contributed by atoms with Crippen LogP contribution in [-0.2, 0) is 12.8 Å². The van der Waals surface area contributed by atoms with Crippen molar-refractivity contribution in [1.82, 2.24) is 5.32 Å². The smallest absolute Gasteiger partial charge is 0.171 e. The quantitative estimate of drug-likeness (QED) is 0.698. The summed E-state index contributed by atoms with van der Waals surface area (Å²) in [7, 11) is 0. The highest BCUT2D eigenvalue weighted by Crippen LogP contribution is 2.44.